The van der Waals surface area contributed by atoms with Crippen LogP contribution >= 0.6 is 15.9 Å². The van der Waals surface area contributed by atoms with Crippen molar-refractivity contribution in [3.05, 3.63) is 28.2 Å². The number of carbonyl (C=O) groups is 1. The van der Waals surface area contributed by atoms with Crippen molar-refractivity contribution in [2.75, 3.05) is 14.2 Å². The van der Waals surface area contributed by atoms with Crippen LogP contribution in [0.4, 0.5) is 0 Å². The van der Waals surface area contributed by atoms with Crippen molar-refractivity contribution in [2.24, 2.45) is 0 Å². The monoisotopic (exact) mass is 268 g/mol. The summed E-state index contributed by atoms with van der Waals surface area (Å²) in [6, 6.07) is 5.34. The highest BCUT2D eigenvalue weighted by atomic mass is 79.9. The van der Waals surface area contributed by atoms with Crippen LogP contribution in [-0.2, 0) is 9.53 Å². The highest BCUT2D eigenvalue weighted by molar-refractivity contribution is 9.10. The van der Waals surface area contributed by atoms with Gasteiger partial charge in [0.05, 0.1) is 14.2 Å². The Morgan fingerprint density at radius 3 is 2.73 bits per heavy atom. The van der Waals surface area contributed by atoms with Gasteiger partial charge in [0.1, 0.15) is 5.75 Å². The zero-order chi connectivity index (χ0) is 11.3. The van der Waals surface area contributed by atoms with Crippen LogP contribution in [-0.4, -0.2) is 20.2 Å². The summed E-state index contributed by atoms with van der Waals surface area (Å²) < 4.78 is 10.3. The van der Waals surface area contributed by atoms with Gasteiger partial charge in [-0.3, -0.25) is 0 Å². The molecule has 0 amide bonds. The summed E-state index contributed by atoms with van der Waals surface area (Å²) in [4.78, 5) is 10.8. The Kier molecular flexibility index (Phi) is 4.19. The molecule has 0 fully saturated rings. The SMILES string of the molecule is COC(=O)C#Cc1cc(OC)ccc1Br. The number of carbonyl (C=O) groups excluding carboxylic acids is 1. The molecule has 0 aliphatic heterocycles. The molecule has 0 aliphatic rings. The quantitative estimate of drug-likeness (QED) is 0.577. The smallest absolute Gasteiger partial charge is 0.384 e. The molecule has 0 saturated heterocycles. The molecule has 0 heterocycles. The standard InChI is InChI=1S/C11H9BrO3/c1-14-9-4-5-10(12)8(7-9)3-6-11(13)15-2/h4-5,7H,1-2H3. The molecule has 0 saturated carbocycles. The van der Waals surface area contributed by atoms with E-state index >= 15 is 0 Å². The fourth-order valence-corrected chi connectivity index (χ4v) is 1.24. The van der Waals surface area contributed by atoms with Crippen molar-refractivity contribution < 1.29 is 14.3 Å². The topological polar surface area (TPSA) is 35.5 Å². The highest BCUT2D eigenvalue weighted by Gasteiger charge is 1.99. The number of rotatable bonds is 1. The lowest BCUT2D eigenvalue weighted by Gasteiger charge is -2.01. The maximum atomic E-state index is 10.8. The van der Waals surface area contributed by atoms with Crippen LogP contribution in [0.1, 0.15) is 5.56 Å². The van der Waals surface area contributed by atoms with Gasteiger partial charge in [-0.2, -0.15) is 0 Å². The van der Waals surface area contributed by atoms with E-state index in [1.807, 2.05) is 0 Å². The van der Waals surface area contributed by atoms with Crippen LogP contribution in [0.2, 0.25) is 0 Å². The van der Waals surface area contributed by atoms with E-state index in [9.17, 15) is 4.79 Å². The van der Waals surface area contributed by atoms with Crippen molar-refractivity contribution in [3.8, 4) is 17.6 Å². The molecule has 0 N–H and O–H groups in total. The Morgan fingerprint density at radius 2 is 2.13 bits per heavy atom. The molecule has 0 atom stereocenters. The summed E-state index contributed by atoms with van der Waals surface area (Å²) in [5.41, 5.74) is 0.680. The van der Waals surface area contributed by atoms with Crippen LogP contribution in [0.3, 0.4) is 0 Å². The van der Waals surface area contributed by atoms with E-state index in [0.717, 1.165) is 4.47 Å². The van der Waals surface area contributed by atoms with Crippen molar-refractivity contribution >= 4 is 21.9 Å². The summed E-state index contributed by atoms with van der Waals surface area (Å²) in [5, 5.41) is 0. The van der Waals surface area contributed by atoms with Crippen LogP contribution in [0, 0.1) is 11.8 Å². The third kappa shape index (κ3) is 3.30. The largest absolute Gasteiger partial charge is 0.497 e. The maximum absolute atomic E-state index is 10.8. The molecule has 0 aromatic heterocycles. The van der Waals surface area contributed by atoms with Gasteiger partial charge < -0.3 is 9.47 Å². The molecule has 0 unspecified atom stereocenters. The third-order valence-electron chi connectivity index (χ3n) is 1.66. The number of esters is 1. The predicted molar refractivity (Wildman–Crippen MR) is 59.6 cm³/mol. The fourth-order valence-electron chi connectivity index (χ4n) is 0.897. The van der Waals surface area contributed by atoms with Crippen LogP contribution in [0.25, 0.3) is 0 Å². The normalized spacial score (nSPS) is 8.73. The Bertz CT molecular complexity index is 429. The second-order valence-corrected chi connectivity index (χ2v) is 3.44. The summed E-state index contributed by atoms with van der Waals surface area (Å²) in [7, 11) is 2.86. The summed E-state index contributed by atoms with van der Waals surface area (Å²) >= 11 is 3.32. The van der Waals surface area contributed by atoms with E-state index < -0.39 is 5.97 Å². The van der Waals surface area contributed by atoms with Gasteiger partial charge in [-0.1, -0.05) is 5.92 Å². The van der Waals surface area contributed by atoms with Crippen molar-refractivity contribution in [3.63, 3.8) is 0 Å². The van der Waals surface area contributed by atoms with E-state index in [1.54, 1.807) is 25.3 Å². The number of methoxy groups -OCH3 is 2. The first-order chi connectivity index (χ1) is 7.17. The van der Waals surface area contributed by atoms with Crippen molar-refractivity contribution in [1.82, 2.24) is 0 Å². The molecular formula is C11H9BrO3. The molecule has 0 radical (unpaired) electrons. The zero-order valence-electron chi connectivity index (χ0n) is 8.33. The summed E-state index contributed by atoms with van der Waals surface area (Å²) in [5.74, 6) is 5.15. The predicted octanol–water partition coefficient (Wildman–Crippen LogP) is 1.98. The lowest BCUT2D eigenvalue weighted by molar-refractivity contribution is -0.133. The average molecular weight is 269 g/mol. The van der Waals surface area contributed by atoms with Gasteiger partial charge in [0.15, 0.2) is 0 Å². The van der Waals surface area contributed by atoms with Gasteiger partial charge in [0.2, 0.25) is 0 Å². The summed E-state index contributed by atoms with van der Waals surface area (Å²) in [6.45, 7) is 0. The molecule has 0 spiro atoms. The van der Waals surface area contributed by atoms with Crippen LogP contribution in [0.15, 0.2) is 22.7 Å². The average Bonchev–Trinajstić information content (AvgIpc) is 2.27. The number of hydrogen-bond acceptors (Lipinski definition) is 3. The Balaban J connectivity index is 3.01. The maximum Gasteiger partial charge on any atom is 0.384 e. The van der Waals surface area contributed by atoms with Crippen molar-refractivity contribution in [1.29, 1.82) is 0 Å². The van der Waals surface area contributed by atoms with Crippen molar-refractivity contribution in [2.45, 2.75) is 0 Å². The first-order valence-electron chi connectivity index (χ1n) is 4.11. The van der Waals surface area contributed by atoms with Gasteiger partial charge in [0.25, 0.3) is 0 Å². The third-order valence-corrected chi connectivity index (χ3v) is 2.35. The van der Waals surface area contributed by atoms with Gasteiger partial charge in [0, 0.05) is 16.0 Å². The molecule has 78 valence electrons. The molecule has 3 nitrogen and oxygen atoms in total. The summed E-state index contributed by atoms with van der Waals surface area (Å²) in [6.07, 6.45) is 0. The molecular weight excluding hydrogens is 260 g/mol. The lowest BCUT2D eigenvalue weighted by atomic mass is 10.2. The molecule has 1 rings (SSSR count). The van der Waals surface area contributed by atoms with Crippen LogP contribution in [0.5, 0.6) is 5.75 Å². The van der Waals surface area contributed by atoms with E-state index in [0.29, 0.717) is 11.3 Å². The molecule has 4 heteroatoms. The second-order valence-electron chi connectivity index (χ2n) is 2.59. The van der Waals surface area contributed by atoms with E-state index in [4.69, 9.17) is 4.74 Å². The molecule has 1 aromatic rings. The highest BCUT2D eigenvalue weighted by Crippen LogP contribution is 2.21. The zero-order valence-corrected chi connectivity index (χ0v) is 9.92. The first kappa shape index (κ1) is 11.6. The van der Waals surface area contributed by atoms with Gasteiger partial charge >= 0.3 is 5.97 Å². The van der Waals surface area contributed by atoms with Gasteiger partial charge in [-0.05, 0) is 34.1 Å². The number of ether oxygens (including phenoxy) is 2. The van der Waals surface area contributed by atoms with Crippen LogP contribution < -0.4 is 4.74 Å². The van der Waals surface area contributed by atoms with Gasteiger partial charge in [-0.15, -0.1) is 0 Å². The molecule has 0 bridgehead atoms. The second kappa shape index (κ2) is 5.42. The first-order valence-corrected chi connectivity index (χ1v) is 4.90. The minimum Gasteiger partial charge on any atom is -0.497 e. The van der Waals surface area contributed by atoms with E-state index in [-0.39, 0.29) is 0 Å². The lowest BCUT2D eigenvalue weighted by Crippen LogP contribution is -1.94. The number of halogens is 1. The molecule has 1 aromatic carbocycles. The molecule has 15 heavy (non-hydrogen) atoms. The van der Waals surface area contributed by atoms with E-state index in [2.05, 4.69) is 32.5 Å². The number of benzene rings is 1. The minimum atomic E-state index is -0.565. The fraction of sp³-hybridized carbons (Fsp3) is 0.182. The minimum absolute atomic E-state index is 0.565. The van der Waals surface area contributed by atoms with Gasteiger partial charge in [-0.25, -0.2) is 4.79 Å². The Morgan fingerprint density at radius 1 is 1.40 bits per heavy atom. The Hall–Kier alpha value is -1.47. The molecule has 0 aliphatic carbocycles. The van der Waals surface area contributed by atoms with E-state index in [1.165, 1.54) is 7.11 Å². The number of hydrogen-bond donors (Lipinski definition) is 0. The Labute approximate surface area is 96.5 Å².